The molecule has 0 aromatic heterocycles. The molecule has 110 valence electrons. The number of nitrogens with one attached hydrogen (secondary N) is 1. The lowest BCUT2D eigenvalue weighted by atomic mass is 10.0. The molecule has 0 saturated heterocycles. The molecular formula is C14H20FN3O2. The van der Waals surface area contributed by atoms with E-state index >= 15 is 0 Å². The average molecular weight is 281 g/mol. The Kier molecular flexibility index (Phi) is 5.21. The van der Waals surface area contributed by atoms with Crippen molar-refractivity contribution in [2.24, 2.45) is 17.4 Å². The van der Waals surface area contributed by atoms with E-state index in [2.05, 4.69) is 5.32 Å². The van der Waals surface area contributed by atoms with E-state index in [1.54, 1.807) is 0 Å². The Morgan fingerprint density at radius 3 is 2.45 bits per heavy atom. The number of nitrogens with two attached hydrogens (primary N) is 2. The van der Waals surface area contributed by atoms with Gasteiger partial charge in [0.15, 0.2) is 0 Å². The van der Waals surface area contributed by atoms with E-state index in [-0.39, 0.29) is 22.7 Å². The van der Waals surface area contributed by atoms with Crippen LogP contribution in [0.15, 0.2) is 12.1 Å². The SMILES string of the molecule is Cc1c(F)cc(C(N)=O)cc1NC(=O)C(N)CC(C)C. The fraction of sp³-hybridized carbons (Fsp3) is 0.429. The zero-order chi connectivity index (χ0) is 15.4. The largest absolute Gasteiger partial charge is 0.366 e. The average Bonchev–Trinajstić information content (AvgIpc) is 2.33. The first-order valence-corrected chi connectivity index (χ1v) is 6.38. The Bertz CT molecular complexity index is 529. The molecule has 0 aliphatic carbocycles. The molecule has 0 aliphatic heterocycles. The zero-order valence-corrected chi connectivity index (χ0v) is 11.9. The predicted molar refractivity (Wildman–Crippen MR) is 75.7 cm³/mol. The maximum Gasteiger partial charge on any atom is 0.248 e. The second-order valence-electron chi connectivity index (χ2n) is 5.22. The van der Waals surface area contributed by atoms with Gasteiger partial charge in [0.2, 0.25) is 11.8 Å². The number of anilines is 1. The van der Waals surface area contributed by atoms with Crippen LogP contribution in [0.4, 0.5) is 10.1 Å². The molecule has 2 amide bonds. The van der Waals surface area contributed by atoms with Gasteiger partial charge in [0.25, 0.3) is 0 Å². The van der Waals surface area contributed by atoms with Crippen molar-refractivity contribution in [3.05, 3.63) is 29.1 Å². The molecule has 0 bridgehead atoms. The molecule has 1 rings (SSSR count). The first kappa shape index (κ1) is 16.1. The van der Waals surface area contributed by atoms with Gasteiger partial charge in [-0.15, -0.1) is 0 Å². The summed E-state index contributed by atoms with van der Waals surface area (Å²) in [6.45, 7) is 5.40. The second kappa shape index (κ2) is 6.47. The van der Waals surface area contributed by atoms with Crippen LogP contribution in [-0.4, -0.2) is 17.9 Å². The molecule has 1 unspecified atom stereocenters. The summed E-state index contributed by atoms with van der Waals surface area (Å²) in [4.78, 5) is 23.0. The topological polar surface area (TPSA) is 98.2 Å². The van der Waals surface area contributed by atoms with Gasteiger partial charge in [-0.1, -0.05) is 13.8 Å². The van der Waals surface area contributed by atoms with E-state index in [1.165, 1.54) is 13.0 Å². The minimum absolute atomic E-state index is 0.000769. The monoisotopic (exact) mass is 281 g/mol. The fourth-order valence-corrected chi connectivity index (χ4v) is 1.79. The Labute approximate surface area is 117 Å². The Morgan fingerprint density at radius 2 is 1.95 bits per heavy atom. The Hall–Kier alpha value is -1.95. The van der Waals surface area contributed by atoms with Crippen LogP contribution >= 0.6 is 0 Å². The number of primary amides is 1. The predicted octanol–water partition coefficient (Wildman–Crippen LogP) is 1.54. The molecule has 0 saturated carbocycles. The Morgan fingerprint density at radius 1 is 1.35 bits per heavy atom. The lowest BCUT2D eigenvalue weighted by Gasteiger charge is -2.16. The van der Waals surface area contributed by atoms with Crippen molar-refractivity contribution in [2.75, 3.05) is 5.32 Å². The number of rotatable bonds is 5. The lowest BCUT2D eigenvalue weighted by molar-refractivity contribution is -0.117. The molecule has 20 heavy (non-hydrogen) atoms. The minimum Gasteiger partial charge on any atom is -0.366 e. The molecule has 1 aromatic carbocycles. The van der Waals surface area contributed by atoms with Crippen molar-refractivity contribution >= 4 is 17.5 Å². The van der Waals surface area contributed by atoms with Crippen LogP contribution in [0.25, 0.3) is 0 Å². The van der Waals surface area contributed by atoms with E-state index in [4.69, 9.17) is 11.5 Å². The van der Waals surface area contributed by atoms with Gasteiger partial charge in [0.05, 0.1) is 6.04 Å². The molecule has 0 radical (unpaired) electrons. The van der Waals surface area contributed by atoms with Crippen molar-refractivity contribution in [1.29, 1.82) is 0 Å². The third-order valence-corrected chi connectivity index (χ3v) is 2.95. The first-order chi connectivity index (χ1) is 9.22. The molecule has 5 N–H and O–H groups in total. The van der Waals surface area contributed by atoms with E-state index in [1.807, 2.05) is 13.8 Å². The number of benzene rings is 1. The summed E-state index contributed by atoms with van der Waals surface area (Å²) in [6.07, 6.45) is 0.517. The number of carbonyl (C=O) groups is 2. The fourth-order valence-electron chi connectivity index (χ4n) is 1.79. The molecule has 1 atom stereocenters. The molecular weight excluding hydrogens is 261 g/mol. The quantitative estimate of drug-likeness (QED) is 0.763. The van der Waals surface area contributed by atoms with Gasteiger partial charge < -0.3 is 16.8 Å². The van der Waals surface area contributed by atoms with Crippen LogP contribution in [0.2, 0.25) is 0 Å². The molecule has 6 heteroatoms. The number of amides is 2. The summed E-state index contributed by atoms with van der Waals surface area (Å²) in [6, 6.07) is 1.71. The standard InChI is InChI=1S/C14H20FN3O2/c1-7(2)4-11(16)14(20)18-12-6-9(13(17)19)5-10(15)8(12)3/h5-7,11H,4,16H2,1-3H3,(H2,17,19)(H,18,20). The maximum absolute atomic E-state index is 13.7. The van der Waals surface area contributed by atoms with Crippen LogP contribution in [0.5, 0.6) is 0 Å². The van der Waals surface area contributed by atoms with Gasteiger partial charge >= 0.3 is 0 Å². The van der Waals surface area contributed by atoms with Gasteiger partial charge in [-0.05, 0) is 31.4 Å². The highest BCUT2D eigenvalue weighted by Crippen LogP contribution is 2.21. The first-order valence-electron chi connectivity index (χ1n) is 6.38. The number of halogens is 1. The highest BCUT2D eigenvalue weighted by atomic mass is 19.1. The molecule has 0 heterocycles. The number of hydrogen-bond acceptors (Lipinski definition) is 3. The Balaban J connectivity index is 2.97. The van der Waals surface area contributed by atoms with E-state index in [0.29, 0.717) is 6.42 Å². The molecule has 0 fully saturated rings. The molecule has 5 nitrogen and oxygen atoms in total. The zero-order valence-electron chi connectivity index (χ0n) is 11.9. The minimum atomic E-state index is -0.758. The van der Waals surface area contributed by atoms with Crippen molar-refractivity contribution < 1.29 is 14.0 Å². The van der Waals surface area contributed by atoms with Crippen molar-refractivity contribution in [1.82, 2.24) is 0 Å². The van der Waals surface area contributed by atoms with Crippen molar-refractivity contribution in [3.8, 4) is 0 Å². The summed E-state index contributed by atoms with van der Waals surface area (Å²) in [5.74, 6) is -1.51. The number of carbonyl (C=O) groups excluding carboxylic acids is 2. The normalized spacial score (nSPS) is 12.3. The lowest BCUT2D eigenvalue weighted by Crippen LogP contribution is -2.37. The van der Waals surface area contributed by atoms with E-state index < -0.39 is 23.7 Å². The molecule has 0 spiro atoms. The summed E-state index contributed by atoms with van der Waals surface area (Å²) in [7, 11) is 0. The van der Waals surface area contributed by atoms with Gasteiger partial charge in [0.1, 0.15) is 5.82 Å². The third-order valence-electron chi connectivity index (χ3n) is 2.95. The van der Waals surface area contributed by atoms with Crippen molar-refractivity contribution in [2.45, 2.75) is 33.2 Å². The van der Waals surface area contributed by atoms with Crippen LogP contribution in [0, 0.1) is 18.7 Å². The van der Waals surface area contributed by atoms with Crippen LogP contribution in [0.1, 0.15) is 36.2 Å². The van der Waals surface area contributed by atoms with Gasteiger partial charge in [-0.25, -0.2) is 4.39 Å². The smallest absolute Gasteiger partial charge is 0.248 e. The summed E-state index contributed by atoms with van der Waals surface area (Å²) >= 11 is 0. The molecule has 0 aliphatic rings. The van der Waals surface area contributed by atoms with Gasteiger partial charge in [-0.2, -0.15) is 0 Å². The second-order valence-corrected chi connectivity index (χ2v) is 5.22. The summed E-state index contributed by atoms with van der Waals surface area (Å²) in [5, 5.41) is 2.54. The van der Waals surface area contributed by atoms with Gasteiger partial charge in [-0.3, -0.25) is 9.59 Å². The highest BCUT2D eigenvalue weighted by Gasteiger charge is 2.18. The van der Waals surface area contributed by atoms with Crippen LogP contribution < -0.4 is 16.8 Å². The van der Waals surface area contributed by atoms with Gasteiger partial charge in [0, 0.05) is 16.8 Å². The summed E-state index contributed by atoms with van der Waals surface area (Å²) in [5.41, 5.74) is 11.3. The van der Waals surface area contributed by atoms with Crippen molar-refractivity contribution in [3.63, 3.8) is 0 Å². The van der Waals surface area contributed by atoms with Crippen LogP contribution in [-0.2, 0) is 4.79 Å². The summed E-state index contributed by atoms with van der Waals surface area (Å²) < 4.78 is 13.7. The van der Waals surface area contributed by atoms with Crippen LogP contribution in [0.3, 0.4) is 0 Å². The third kappa shape index (κ3) is 4.03. The van der Waals surface area contributed by atoms with E-state index in [0.717, 1.165) is 6.07 Å². The highest BCUT2D eigenvalue weighted by molar-refractivity contribution is 5.98. The maximum atomic E-state index is 13.7. The van der Waals surface area contributed by atoms with E-state index in [9.17, 15) is 14.0 Å². The molecule has 1 aromatic rings. The number of hydrogen-bond donors (Lipinski definition) is 3.